The van der Waals surface area contributed by atoms with E-state index in [9.17, 15) is 0 Å². The summed E-state index contributed by atoms with van der Waals surface area (Å²) in [6, 6.07) is 0.834. The Morgan fingerprint density at radius 3 is 3.00 bits per heavy atom. The molecule has 0 bridgehead atoms. The molecule has 0 atom stereocenters. The Kier molecular flexibility index (Phi) is 3.75. The molecule has 0 spiro atoms. The number of nitrogens with one attached hydrogen (secondary N) is 2. The van der Waals surface area contributed by atoms with Crippen LogP contribution in [0.15, 0.2) is 12.5 Å². The minimum Gasteiger partial charge on any atom is -0.340 e. The standard InChI is InChI=1S/C11H20N4/c1-15-8-11(14-9-15)7-12-5-2-6-13-10-3-4-10/h8-10,12-13H,2-7H2,1H3. The SMILES string of the molecule is Cn1cnc(CNCCCNC2CC2)c1. The number of rotatable bonds is 7. The molecule has 84 valence electrons. The fourth-order valence-corrected chi connectivity index (χ4v) is 1.58. The van der Waals surface area contributed by atoms with Gasteiger partial charge in [0.25, 0.3) is 0 Å². The molecule has 1 heterocycles. The second kappa shape index (κ2) is 5.28. The molecular formula is C11H20N4. The first-order valence-electron chi connectivity index (χ1n) is 5.75. The lowest BCUT2D eigenvalue weighted by Gasteiger charge is -2.03. The van der Waals surface area contributed by atoms with Gasteiger partial charge in [-0.25, -0.2) is 4.98 Å². The number of imidazole rings is 1. The predicted octanol–water partition coefficient (Wildman–Crippen LogP) is 0.652. The monoisotopic (exact) mass is 208 g/mol. The molecule has 4 nitrogen and oxygen atoms in total. The maximum absolute atomic E-state index is 4.26. The number of hydrogen-bond donors (Lipinski definition) is 2. The highest BCUT2D eigenvalue weighted by atomic mass is 15.0. The zero-order chi connectivity index (χ0) is 10.5. The van der Waals surface area contributed by atoms with E-state index in [-0.39, 0.29) is 0 Å². The minimum absolute atomic E-state index is 0.834. The molecule has 0 unspecified atom stereocenters. The summed E-state index contributed by atoms with van der Waals surface area (Å²) in [5, 5.41) is 6.89. The largest absolute Gasteiger partial charge is 0.340 e. The third-order valence-corrected chi connectivity index (χ3v) is 2.61. The van der Waals surface area contributed by atoms with Crippen LogP contribution in [0, 0.1) is 0 Å². The Labute approximate surface area is 91.1 Å². The van der Waals surface area contributed by atoms with Crippen LogP contribution >= 0.6 is 0 Å². The van der Waals surface area contributed by atoms with Crippen LogP contribution in [0.1, 0.15) is 25.0 Å². The van der Waals surface area contributed by atoms with Crippen molar-refractivity contribution in [3.63, 3.8) is 0 Å². The van der Waals surface area contributed by atoms with Gasteiger partial charge in [0, 0.05) is 25.8 Å². The summed E-state index contributed by atoms with van der Waals surface area (Å²) in [4.78, 5) is 4.26. The molecule has 0 radical (unpaired) electrons. The van der Waals surface area contributed by atoms with Gasteiger partial charge in [0.1, 0.15) is 0 Å². The highest BCUT2D eigenvalue weighted by Crippen LogP contribution is 2.18. The first-order chi connectivity index (χ1) is 7.34. The molecule has 0 amide bonds. The first-order valence-corrected chi connectivity index (χ1v) is 5.75. The van der Waals surface area contributed by atoms with Crippen LogP contribution in [0.5, 0.6) is 0 Å². The topological polar surface area (TPSA) is 41.9 Å². The summed E-state index contributed by atoms with van der Waals surface area (Å²) < 4.78 is 1.98. The summed E-state index contributed by atoms with van der Waals surface area (Å²) in [7, 11) is 2.00. The summed E-state index contributed by atoms with van der Waals surface area (Å²) >= 11 is 0. The smallest absolute Gasteiger partial charge is 0.0947 e. The zero-order valence-corrected chi connectivity index (χ0v) is 9.37. The Bertz CT molecular complexity index is 291. The molecule has 1 aliphatic rings. The van der Waals surface area contributed by atoms with Crippen LogP contribution in [-0.2, 0) is 13.6 Å². The molecule has 0 saturated heterocycles. The molecule has 1 aliphatic carbocycles. The van der Waals surface area contributed by atoms with Gasteiger partial charge < -0.3 is 15.2 Å². The number of nitrogens with zero attached hydrogens (tertiary/aromatic N) is 2. The van der Waals surface area contributed by atoms with Crippen molar-refractivity contribution >= 4 is 0 Å². The van der Waals surface area contributed by atoms with E-state index in [4.69, 9.17) is 0 Å². The van der Waals surface area contributed by atoms with E-state index in [1.54, 1.807) is 0 Å². The van der Waals surface area contributed by atoms with E-state index in [0.717, 1.165) is 31.4 Å². The van der Waals surface area contributed by atoms with Crippen LogP contribution in [0.25, 0.3) is 0 Å². The van der Waals surface area contributed by atoms with Gasteiger partial charge in [-0.1, -0.05) is 0 Å². The first kappa shape index (κ1) is 10.6. The van der Waals surface area contributed by atoms with Gasteiger partial charge in [0.2, 0.25) is 0 Å². The molecule has 0 aromatic carbocycles. The molecular weight excluding hydrogens is 188 g/mol. The van der Waals surface area contributed by atoms with Crippen LogP contribution in [0.4, 0.5) is 0 Å². The highest BCUT2D eigenvalue weighted by Gasteiger charge is 2.19. The normalized spacial score (nSPS) is 15.8. The summed E-state index contributed by atoms with van der Waals surface area (Å²) in [5.41, 5.74) is 1.12. The average Bonchev–Trinajstić information content (AvgIpc) is 2.95. The van der Waals surface area contributed by atoms with Crippen molar-refractivity contribution in [1.29, 1.82) is 0 Å². The van der Waals surface area contributed by atoms with Gasteiger partial charge >= 0.3 is 0 Å². The van der Waals surface area contributed by atoms with Crippen molar-refractivity contribution in [3.8, 4) is 0 Å². The molecule has 0 aliphatic heterocycles. The molecule has 4 heteroatoms. The van der Waals surface area contributed by atoms with Gasteiger partial charge in [-0.3, -0.25) is 0 Å². The van der Waals surface area contributed by atoms with E-state index in [0.29, 0.717) is 0 Å². The van der Waals surface area contributed by atoms with Gasteiger partial charge in [0.05, 0.1) is 12.0 Å². The van der Waals surface area contributed by atoms with Crippen LogP contribution in [0.2, 0.25) is 0 Å². The molecule has 1 saturated carbocycles. The Morgan fingerprint density at radius 1 is 1.47 bits per heavy atom. The molecule has 1 aromatic heterocycles. The summed E-state index contributed by atoms with van der Waals surface area (Å²) in [6.45, 7) is 3.08. The summed E-state index contributed by atoms with van der Waals surface area (Å²) in [6.07, 6.45) is 7.84. The van der Waals surface area contributed by atoms with Crippen LogP contribution < -0.4 is 10.6 Å². The Hall–Kier alpha value is -0.870. The Balaban J connectivity index is 1.47. The van der Waals surface area contributed by atoms with E-state index in [1.165, 1.54) is 19.3 Å². The third kappa shape index (κ3) is 4.01. The predicted molar refractivity (Wildman–Crippen MR) is 60.6 cm³/mol. The lowest BCUT2D eigenvalue weighted by Crippen LogP contribution is -2.23. The maximum Gasteiger partial charge on any atom is 0.0947 e. The molecule has 2 N–H and O–H groups in total. The number of hydrogen-bond acceptors (Lipinski definition) is 3. The lowest BCUT2D eigenvalue weighted by atomic mass is 10.4. The second-order valence-electron chi connectivity index (χ2n) is 4.29. The lowest BCUT2D eigenvalue weighted by molar-refractivity contribution is 0.590. The molecule has 2 rings (SSSR count). The van der Waals surface area contributed by atoms with Crippen LogP contribution in [-0.4, -0.2) is 28.7 Å². The van der Waals surface area contributed by atoms with Gasteiger partial charge in [-0.2, -0.15) is 0 Å². The van der Waals surface area contributed by atoms with Gasteiger partial charge in [-0.15, -0.1) is 0 Å². The van der Waals surface area contributed by atoms with Crippen molar-refractivity contribution in [2.75, 3.05) is 13.1 Å². The minimum atomic E-state index is 0.834. The Morgan fingerprint density at radius 2 is 2.33 bits per heavy atom. The quantitative estimate of drug-likeness (QED) is 0.647. The fraction of sp³-hybridized carbons (Fsp3) is 0.727. The van der Waals surface area contributed by atoms with Gasteiger partial charge in [0.15, 0.2) is 0 Å². The summed E-state index contributed by atoms with van der Waals surface area (Å²) in [5.74, 6) is 0. The fourth-order valence-electron chi connectivity index (χ4n) is 1.58. The van der Waals surface area contributed by atoms with Crippen molar-refractivity contribution in [2.24, 2.45) is 7.05 Å². The second-order valence-corrected chi connectivity index (χ2v) is 4.29. The van der Waals surface area contributed by atoms with Crippen LogP contribution in [0.3, 0.4) is 0 Å². The number of aryl methyl sites for hydroxylation is 1. The number of aromatic nitrogens is 2. The third-order valence-electron chi connectivity index (χ3n) is 2.61. The van der Waals surface area contributed by atoms with Crippen molar-refractivity contribution in [2.45, 2.75) is 31.8 Å². The van der Waals surface area contributed by atoms with E-state index >= 15 is 0 Å². The van der Waals surface area contributed by atoms with Crippen molar-refractivity contribution in [1.82, 2.24) is 20.2 Å². The van der Waals surface area contributed by atoms with Crippen molar-refractivity contribution < 1.29 is 0 Å². The molecule has 15 heavy (non-hydrogen) atoms. The van der Waals surface area contributed by atoms with Gasteiger partial charge in [-0.05, 0) is 32.4 Å². The highest BCUT2D eigenvalue weighted by molar-refractivity contribution is 4.95. The maximum atomic E-state index is 4.26. The average molecular weight is 208 g/mol. The van der Waals surface area contributed by atoms with E-state index < -0.39 is 0 Å². The zero-order valence-electron chi connectivity index (χ0n) is 9.37. The van der Waals surface area contributed by atoms with E-state index in [2.05, 4.69) is 21.8 Å². The molecule has 1 aromatic rings. The molecule has 1 fully saturated rings. The van der Waals surface area contributed by atoms with Crippen molar-refractivity contribution in [3.05, 3.63) is 18.2 Å². The van der Waals surface area contributed by atoms with E-state index in [1.807, 2.05) is 17.9 Å².